The zero-order valence-electron chi connectivity index (χ0n) is 13.0. The van der Waals surface area contributed by atoms with Crippen molar-refractivity contribution in [1.82, 2.24) is 10.3 Å². The van der Waals surface area contributed by atoms with E-state index in [-0.39, 0.29) is 23.3 Å². The summed E-state index contributed by atoms with van der Waals surface area (Å²) in [5.74, 6) is -0.769. The van der Waals surface area contributed by atoms with Gasteiger partial charge in [-0.3, -0.25) is 4.79 Å². The Balaban J connectivity index is 1.54. The standard InChI is InChI=1S/C17H18N2O5/c20-16(14-15(24-10-19-14)13-2-1-9-23-13)18-8-7-11-3-5-12(6-4-11)17(21)22/h3-6,10,13H,1-2,7-9H2,(H,18,20)(H,21,22)/t13-/m0/s1. The lowest BCUT2D eigenvalue weighted by atomic mass is 10.1. The van der Waals surface area contributed by atoms with E-state index in [0.717, 1.165) is 18.4 Å². The summed E-state index contributed by atoms with van der Waals surface area (Å²) in [5, 5.41) is 11.7. The van der Waals surface area contributed by atoms with Crippen LogP contribution in [0.15, 0.2) is 35.1 Å². The van der Waals surface area contributed by atoms with Gasteiger partial charge in [0.25, 0.3) is 5.91 Å². The van der Waals surface area contributed by atoms with Crippen molar-refractivity contribution < 1.29 is 23.8 Å². The molecule has 1 saturated heterocycles. The van der Waals surface area contributed by atoms with Gasteiger partial charge in [0.15, 0.2) is 17.8 Å². The number of amides is 1. The molecule has 7 heteroatoms. The maximum Gasteiger partial charge on any atom is 0.335 e. The number of oxazole rings is 1. The van der Waals surface area contributed by atoms with Crippen LogP contribution in [0.25, 0.3) is 0 Å². The quantitative estimate of drug-likeness (QED) is 0.842. The molecule has 1 aromatic heterocycles. The van der Waals surface area contributed by atoms with Gasteiger partial charge in [-0.25, -0.2) is 9.78 Å². The van der Waals surface area contributed by atoms with Crippen molar-refractivity contribution in [2.75, 3.05) is 13.2 Å². The minimum absolute atomic E-state index is 0.197. The van der Waals surface area contributed by atoms with Gasteiger partial charge in [-0.1, -0.05) is 12.1 Å². The van der Waals surface area contributed by atoms with Crippen molar-refractivity contribution in [3.8, 4) is 0 Å². The maximum absolute atomic E-state index is 12.3. The second-order valence-electron chi connectivity index (χ2n) is 5.57. The molecule has 0 saturated carbocycles. The number of aromatic nitrogens is 1. The fourth-order valence-corrected chi connectivity index (χ4v) is 2.66. The van der Waals surface area contributed by atoms with Crippen LogP contribution in [0.1, 0.15) is 51.1 Å². The Labute approximate surface area is 138 Å². The summed E-state index contributed by atoms with van der Waals surface area (Å²) in [7, 11) is 0. The van der Waals surface area contributed by atoms with Gasteiger partial charge in [0.1, 0.15) is 6.10 Å². The second kappa shape index (κ2) is 7.27. The Bertz CT molecular complexity index is 717. The van der Waals surface area contributed by atoms with Gasteiger partial charge in [0, 0.05) is 13.2 Å². The molecule has 0 radical (unpaired) electrons. The van der Waals surface area contributed by atoms with E-state index in [0.29, 0.717) is 25.3 Å². The summed E-state index contributed by atoms with van der Waals surface area (Å²) >= 11 is 0. The van der Waals surface area contributed by atoms with Gasteiger partial charge in [0.2, 0.25) is 0 Å². The first-order valence-electron chi connectivity index (χ1n) is 7.80. The molecule has 0 aliphatic carbocycles. The van der Waals surface area contributed by atoms with Crippen LogP contribution < -0.4 is 5.32 Å². The molecule has 2 heterocycles. The highest BCUT2D eigenvalue weighted by Gasteiger charge is 2.27. The molecule has 126 valence electrons. The topological polar surface area (TPSA) is 102 Å². The first-order chi connectivity index (χ1) is 11.6. The average molecular weight is 330 g/mol. The number of hydrogen-bond donors (Lipinski definition) is 2. The van der Waals surface area contributed by atoms with E-state index in [4.69, 9.17) is 14.3 Å². The Kier molecular flexibility index (Phi) is 4.90. The van der Waals surface area contributed by atoms with E-state index in [1.165, 1.54) is 6.39 Å². The zero-order valence-corrected chi connectivity index (χ0v) is 13.0. The minimum Gasteiger partial charge on any atom is -0.478 e. The predicted octanol–water partition coefficient (Wildman–Crippen LogP) is 2.20. The van der Waals surface area contributed by atoms with Gasteiger partial charge in [-0.15, -0.1) is 0 Å². The van der Waals surface area contributed by atoms with Gasteiger partial charge < -0.3 is 19.6 Å². The second-order valence-corrected chi connectivity index (χ2v) is 5.57. The van der Waals surface area contributed by atoms with Crippen LogP contribution in [0.3, 0.4) is 0 Å². The smallest absolute Gasteiger partial charge is 0.335 e. The molecule has 2 N–H and O–H groups in total. The first kappa shape index (κ1) is 16.2. The number of aromatic carboxylic acids is 1. The van der Waals surface area contributed by atoms with Crippen LogP contribution in [0.2, 0.25) is 0 Å². The van der Waals surface area contributed by atoms with E-state index in [2.05, 4.69) is 10.3 Å². The van der Waals surface area contributed by atoms with Crippen LogP contribution in [-0.2, 0) is 11.2 Å². The third kappa shape index (κ3) is 3.62. The lowest BCUT2D eigenvalue weighted by Gasteiger charge is -2.08. The minimum atomic E-state index is -0.956. The number of ether oxygens (including phenoxy) is 1. The van der Waals surface area contributed by atoms with Crippen LogP contribution in [0.5, 0.6) is 0 Å². The van der Waals surface area contributed by atoms with Crippen molar-refractivity contribution >= 4 is 11.9 Å². The van der Waals surface area contributed by atoms with Crippen molar-refractivity contribution in [3.05, 3.63) is 53.2 Å². The fourth-order valence-electron chi connectivity index (χ4n) is 2.66. The maximum atomic E-state index is 12.3. The lowest BCUT2D eigenvalue weighted by Crippen LogP contribution is -2.27. The van der Waals surface area contributed by atoms with Crippen LogP contribution >= 0.6 is 0 Å². The number of nitrogens with zero attached hydrogens (tertiary/aromatic N) is 1. The molecule has 0 spiro atoms. The molecule has 24 heavy (non-hydrogen) atoms. The fraction of sp³-hybridized carbons (Fsp3) is 0.353. The number of rotatable bonds is 6. The number of carbonyl (C=O) groups excluding carboxylic acids is 1. The van der Waals surface area contributed by atoms with Crippen LogP contribution in [-0.4, -0.2) is 35.1 Å². The molecule has 1 aromatic carbocycles. The largest absolute Gasteiger partial charge is 0.478 e. The summed E-state index contributed by atoms with van der Waals surface area (Å²) < 4.78 is 10.8. The van der Waals surface area contributed by atoms with Gasteiger partial charge in [-0.2, -0.15) is 0 Å². The van der Waals surface area contributed by atoms with E-state index < -0.39 is 5.97 Å². The van der Waals surface area contributed by atoms with Crippen molar-refractivity contribution in [3.63, 3.8) is 0 Å². The van der Waals surface area contributed by atoms with Crippen LogP contribution in [0, 0.1) is 0 Å². The number of benzene rings is 1. The molecule has 1 amide bonds. The summed E-state index contributed by atoms with van der Waals surface area (Å²) in [6, 6.07) is 6.58. The van der Waals surface area contributed by atoms with Gasteiger partial charge in [0.05, 0.1) is 5.56 Å². The number of hydrogen-bond acceptors (Lipinski definition) is 5. The molecule has 2 aromatic rings. The predicted molar refractivity (Wildman–Crippen MR) is 83.9 cm³/mol. The third-order valence-corrected chi connectivity index (χ3v) is 3.93. The molecule has 1 atom stereocenters. The molecule has 0 unspecified atom stereocenters. The zero-order chi connectivity index (χ0) is 16.9. The van der Waals surface area contributed by atoms with Crippen molar-refractivity contribution in [2.24, 2.45) is 0 Å². The van der Waals surface area contributed by atoms with E-state index in [9.17, 15) is 9.59 Å². The lowest BCUT2D eigenvalue weighted by molar-refractivity contribution is 0.0696. The average Bonchev–Trinajstić information content (AvgIpc) is 3.26. The number of carboxylic acid groups (broad SMARTS) is 1. The Morgan fingerprint density at radius 3 is 2.75 bits per heavy atom. The van der Waals surface area contributed by atoms with Crippen molar-refractivity contribution in [1.29, 1.82) is 0 Å². The normalized spacial score (nSPS) is 16.9. The molecule has 1 aliphatic heterocycles. The SMILES string of the molecule is O=C(O)c1ccc(CCNC(=O)c2ncoc2[C@@H]2CCCO2)cc1. The monoisotopic (exact) mass is 330 g/mol. The third-order valence-electron chi connectivity index (χ3n) is 3.93. The molecule has 7 nitrogen and oxygen atoms in total. The summed E-state index contributed by atoms with van der Waals surface area (Å²) in [5.41, 5.74) is 1.45. The Morgan fingerprint density at radius 2 is 2.08 bits per heavy atom. The number of carboxylic acids is 1. The number of carbonyl (C=O) groups is 2. The van der Waals surface area contributed by atoms with E-state index >= 15 is 0 Å². The molecule has 1 fully saturated rings. The van der Waals surface area contributed by atoms with E-state index in [1.807, 2.05) is 0 Å². The van der Waals surface area contributed by atoms with E-state index in [1.54, 1.807) is 24.3 Å². The first-order valence-corrected chi connectivity index (χ1v) is 7.80. The molecular formula is C17H18N2O5. The molecule has 0 bridgehead atoms. The highest BCUT2D eigenvalue weighted by molar-refractivity contribution is 5.93. The highest BCUT2D eigenvalue weighted by Crippen LogP contribution is 2.30. The van der Waals surface area contributed by atoms with Gasteiger partial charge >= 0.3 is 5.97 Å². The summed E-state index contributed by atoms with van der Waals surface area (Å²) in [6.07, 6.45) is 3.43. The summed E-state index contributed by atoms with van der Waals surface area (Å²) in [6.45, 7) is 1.09. The Hall–Kier alpha value is -2.67. The summed E-state index contributed by atoms with van der Waals surface area (Å²) in [4.78, 5) is 27.0. The van der Waals surface area contributed by atoms with Crippen molar-refractivity contribution in [2.45, 2.75) is 25.4 Å². The highest BCUT2D eigenvalue weighted by atomic mass is 16.5. The molecule has 3 rings (SSSR count). The van der Waals surface area contributed by atoms with Gasteiger partial charge in [-0.05, 0) is 37.0 Å². The Morgan fingerprint density at radius 1 is 1.29 bits per heavy atom. The molecule has 1 aliphatic rings. The number of nitrogens with one attached hydrogen (secondary N) is 1. The molecular weight excluding hydrogens is 312 g/mol. The van der Waals surface area contributed by atoms with Crippen LogP contribution in [0.4, 0.5) is 0 Å².